The van der Waals surface area contributed by atoms with E-state index in [0.29, 0.717) is 12.1 Å². The predicted octanol–water partition coefficient (Wildman–Crippen LogP) is 4.69. The molecule has 1 aromatic carbocycles. The number of alkyl halides is 6. The molecular formula is C11H9F6. The van der Waals surface area contributed by atoms with Gasteiger partial charge in [-0.05, 0) is 30.5 Å². The van der Waals surface area contributed by atoms with E-state index in [1.165, 1.54) is 6.92 Å². The Morgan fingerprint density at radius 1 is 0.941 bits per heavy atom. The second-order valence-electron chi connectivity index (χ2n) is 3.37. The van der Waals surface area contributed by atoms with Crippen molar-refractivity contribution in [3.63, 3.8) is 0 Å². The molecule has 0 heterocycles. The zero-order chi connectivity index (χ0) is 13.3. The monoisotopic (exact) mass is 255 g/mol. The van der Waals surface area contributed by atoms with Gasteiger partial charge in [0.2, 0.25) is 0 Å². The van der Waals surface area contributed by atoms with Crippen LogP contribution in [0.15, 0.2) is 18.2 Å². The van der Waals surface area contributed by atoms with Crippen LogP contribution in [0.25, 0.3) is 0 Å². The van der Waals surface area contributed by atoms with E-state index < -0.39 is 29.0 Å². The standard InChI is InChI=1S/C11H9F6/c1-2-4-7-8(10(12,13)14)5-3-6-9(7)11(15,16)17/h3-6H,2H2,1H3. The number of halogens is 6. The van der Waals surface area contributed by atoms with Crippen LogP contribution < -0.4 is 0 Å². The summed E-state index contributed by atoms with van der Waals surface area (Å²) in [6.45, 7) is 1.48. The minimum absolute atomic E-state index is 0.0934. The SMILES string of the molecule is CC[CH]c1c(C(F)(F)F)cccc1C(F)(F)F. The Morgan fingerprint density at radius 3 is 1.65 bits per heavy atom. The molecule has 0 atom stereocenters. The molecule has 0 bridgehead atoms. The van der Waals surface area contributed by atoms with E-state index in [1.807, 2.05) is 0 Å². The lowest BCUT2D eigenvalue weighted by Gasteiger charge is -2.17. The van der Waals surface area contributed by atoms with Crippen LogP contribution in [0.2, 0.25) is 0 Å². The van der Waals surface area contributed by atoms with Gasteiger partial charge < -0.3 is 0 Å². The van der Waals surface area contributed by atoms with Crippen LogP contribution in [-0.2, 0) is 12.4 Å². The normalized spacial score (nSPS) is 12.9. The molecule has 0 spiro atoms. The molecule has 1 aromatic rings. The first-order valence-corrected chi connectivity index (χ1v) is 4.78. The summed E-state index contributed by atoms with van der Waals surface area (Å²) in [4.78, 5) is 0. The molecule has 0 aliphatic rings. The first kappa shape index (κ1) is 13.9. The summed E-state index contributed by atoms with van der Waals surface area (Å²) in [5, 5.41) is 0. The highest BCUT2D eigenvalue weighted by atomic mass is 19.4. The molecule has 0 unspecified atom stereocenters. The van der Waals surface area contributed by atoms with E-state index in [9.17, 15) is 26.3 Å². The molecule has 17 heavy (non-hydrogen) atoms. The maximum atomic E-state index is 12.6. The van der Waals surface area contributed by atoms with Crippen molar-refractivity contribution >= 4 is 0 Å². The lowest BCUT2D eigenvalue weighted by molar-refractivity contribution is -0.143. The van der Waals surface area contributed by atoms with E-state index in [-0.39, 0.29) is 6.42 Å². The van der Waals surface area contributed by atoms with Gasteiger partial charge in [-0.1, -0.05) is 13.0 Å². The lowest BCUT2D eigenvalue weighted by Crippen LogP contribution is -2.15. The van der Waals surface area contributed by atoms with E-state index in [0.717, 1.165) is 12.5 Å². The van der Waals surface area contributed by atoms with Crippen LogP contribution >= 0.6 is 0 Å². The van der Waals surface area contributed by atoms with Gasteiger partial charge in [-0.15, -0.1) is 0 Å². The fourth-order valence-electron chi connectivity index (χ4n) is 1.48. The number of hydrogen-bond acceptors (Lipinski definition) is 0. The Morgan fingerprint density at radius 2 is 1.35 bits per heavy atom. The van der Waals surface area contributed by atoms with Gasteiger partial charge in [0, 0.05) is 0 Å². The van der Waals surface area contributed by atoms with Crippen molar-refractivity contribution in [2.24, 2.45) is 0 Å². The molecule has 0 amide bonds. The van der Waals surface area contributed by atoms with Crippen molar-refractivity contribution in [3.8, 4) is 0 Å². The molecule has 95 valence electrons. The first-order valence-electron chi connectivity index (χ1n) is 4.78. The van der Waals surface area contributed by atoms with Crippen LogP contribution in [0.5, 0.6) is 0 Å². The van der Waals surface area contributed by atoms with Gasteiger partial charge in [-0.25, -0.2) is 0 Å². The zero-order valence-electron chi connectivity index (χ0n) is 8.78. The van der Waals surface area contributed by atoms with Crippen molar-refractivity contribution in [1.82, 2.24) is 0 Å². The van der Waals surface area contributed by atoms with Crippen molar-refractivity contribution in [3.05, 3.63) is 41.3 Å². The fraction of sp³-hybridized carbons (Fsp3) is 0.364. The highest BCUT2D eigenvalue weighted by Crippen LogP contribution is 2.40. The summed E-state index contributed by atoms with van der Waals surface area (Å²) in [6.07, 6.45) is -8.55. The molecule has 0 nitrogen and oxygen atoms in total. The highest BCUT2D eigenvalue weighted by Gasteiger charge is 2.39. The Labute approximate surface area is 94.2 Å². The zero-order valence-corrected chi connectivity index (χ0v) is 8.78. The molecule has 0 saturated carbocycles. The summed E-state index contributed by atoms with van der Waals surface area (Å²) in [7, 11) is 0. The summed E-state index contributed by atoms with van der Waals surface area (Å²) in [5.74, 6) is 0. The van der Waals surface area contributed by atoms with Gasteiger partial charge in [-0.2, -0.15) is 26.3 Å². The molecule has 0 aromatic heterocycles. The number of hydrogen-bond donors (Lipinski definition) is 0. The van der Waals surface area contributed by atoms with E-state index in [4.69, 9.17) is 0 Å². The maximum Gasteiger partial charge on any atom is 0.416 e. The maximum absolute atomic E-state index is 12.6. The summed E-state index contributed by atoms with van der Waals surface area (Å²) >= 11 is 0. The second-order valence-corrected chi connectivity index (χ2v) is 3.37. The smallest absolute Gasteiger partial charge is 0.166 e. The number of benzene rings is 1. The fourth-order valence-corrected chi connectivity index (χ4v) is 1.48. The molecule has 1 rings (SSSR count). The number of rotatable bonds is 2. The molecule has 0 saturated heterocycles. The molecule has 1 radical (unpaired) electrons. The van der Waals surface area contributed by atoms with Gasteiger partial charge in [0.25, 0.3) is 0 Å². The minimum Gasteiger partial charge on any atom is -0.166 e. The van der Waals surface area contributed by atoms with Gasteiger partial charge >= 0.3 is 12.4 Å². The van der Waals surface area contributed by atoms with Gasteiger partial charge in [0.15, 0.2) is 0 Å². The highest BCUT2D eigenvalue weighted by molar-refractivity contribution is 5.43. The molecule has 0 aliphatic carbocycles. The molecule has 6 heteroatoms. The third kappa shape index (κ3) is 3.14. The summed E-state index contributed by atoms with van der Waals surface area (Å²) in [6, 6.07) is 2.06. The minimum atomic E-state index is -4.79. The van der Waals surface area contributed by atoms with Crippen LogP contribution in [0.1, 0.15) is 30.0 Å². The molecule has 0 aliphatic heterocycles. The average molecular weight is 255 g/mol. The third-order valence-electron chi connectivity index (χ3n) is 2.13. The van der Waals surface area contributed by atoms with Crippen molar-refractivity contribution in [1.29, 1.82) is 0 Å². The quantitative estimate of drug-likeness (QED) is 0.673. The van der Waals surface area contributed by atoms with E-state index >= 15 is 0 Å². The Balaban J connectivity index is 3.43. The first-order chi connectivity index (χ1) is 7.68. The van der Waals surface area contributed by atoms with Crippen molar-refractivity contribution in [2.75, 3.05) is 0 Å². The second kappa shape index (κ2) is 4.58. The lowest BCUT2D eigenvalue weighted by atomic mass is 9.96. The van der Waals surface area contributed by atoms with Gasteiger partial charge in [0.05, 0.1) is 11.1 Å². The van der Waals surface area contributed by atoms with E-state index in [1.54, 1.807) is 0 Å². The van der Waals surface area contributed by atoms with Crippen LogP contribution in [0, 0.1) is 6.42 Å². The largest absolute Gasteiger partial charge is 0.416 e. The van der Waals surface area contributed by atoms with E-state index in [2.05, 4.69) is 0 Å². The van der Waals surface area contributed by atoms with Crippen molar-refractivity contribution in [2.45, 2.75) is 25.7 Å². The van der Waals surface area contributed by atoms with Crippen LogP contribution in [0.3, 0.4) is 0 Å². The Bertz CT molecular complexity index is 356. The van der Waals surface area contributed by atoms with Crippen LogP contribution in [-0.4, -0.2) is 0 Å². The predicted molar refractivity (Wildman–Crippen MR) is 50.1 cm³/mol. The summed E-state index contributed by atoms with van der Waals surface area (Å²) < 4.78 is 75.3. The summed E-state index contributed by atoms with van der Waals surface area (Å²) in [5.41, 5.74) is -3.31. The molecular weight excluding hydrogens is 246 g/mol. The van der Waals surface area contributed by atoms with Crippen LogP contribution in [0.4, 0.5) is 26.3 Å². The third-order valence-corrected chi connectivity index (χ3v) is 2.13. The average Bonchev–Trinajstić information content (AvgIpc) is 2.15. The molecule has 0 N–H and O–H groups in total. The Kier molecular flexibility index (Phi) is 3.74. The van der Waals surface area contributed by atoms with Crippen molar-refractivity contribution < 1.29 is 26.3 Å². The Hall–Kier alpha value is -1.20. The van der Waals surface area contributed by atoms with Gasteiger partial charge in [-0.3, -0.25) is 0 Å². The van der Waals surface area contributed by atoms with Gasteiger partial charge in [0.1, 0.15) is 0 Å². The molecule has 0 fully saturated rings. The topological polar surface area (TPSA) is 0 Å².